The summed E-state index contributed by atoms with van der Waals surface area (Å²) in [6, 6.07) is 1.71. The molecule has 0 bridgehead atoms. The van der Waals surface area contributed by atoms with Gasteiger partial charge in [-0.1, -0.05) is 0 Å². The molecule has 11 heteroatoms. The van der Waals surface area contributed by atoms with Crippen molar-refractivity contribution in [1.82, 2.24) is 14.9 Å². The first-order valence-electron chi connectivity index (χ1n) is 11.1. The van der Waals surface area contributed by atoms with Crippen molar-refractivity contribution in [2.45, 2.75) is 39.9 Å². The maximum atomic E-state index is 12.3. The van der Waals surface area contributed by atoms with Crippen molar-refractivity contribution in [2.75, 3.05) is 55.7 Å². The van der Waals surface area contributed by atoms with Crippen molar-refractivity contribution in [3.63, 3.8) is 0 Å². The van der Waals surface area contributed by atoms with Crippen molar-refractivity contribution in [2.24, 2.45) is 0 Å². The molecule has 0 atom stereocenters. The number of anilines is 2. The molecule has 2 aliphatic heterocycles. The van der Waals surface area contributed by atoms with Crippen LogP contribution in [0.2, 0.25) is 0 Å². The quantitative estimate of drug-likeness (QED) is 0.315. The van der Waals surface area contributed by atoms with Crippen LogP contribution in [0.3, 0.4) is 0 Å². The summed E-state index contributed by atoms with van der Waals surface area (Å²) in [5.41, 5.74) is -0.188. The fourth-order valence-corrected chi connectivity index (χ4v) is 3.55. The fraction of sp³-hybridized carbons (Fsp3) is 0.591. The number of carbonyl (C=O) groups excluding carboxylic acids is 3. The van der Waals surface area contributed by atoms with Gasteiger partial charge in [0.2, 0.25) is 5.95 Å². The molecule has 0 spiro atoms. The Bertz CT molecular complexity index is 888. The van der Waals surface area contributed by atoms with Gasteiger partial charge in [-0.3, -0.25) is 9.69 Å². The van der Waals surface area contributed by atoms with Crippen LogP contribution in [0.25, 0.3) is 0 Å². The summed E-state index contributed by atoms with van der Waals surface area (Å²) in [5.74, 6) is -1.83. The number of carbonyl (C=O) groups is 3. The number of rotatable bonds is 8. The summed E-state index contributed by atoms with van der Waals surface area (Å²) in [7, 11) is 0. The lowest BCUT2D eigenvalue weighted by Gasteiger charge is -2.34. The minimum Gasteiger partial charge on any atom is -0.466 e. The molecule has 0 radical (unpaired) electrons. The second-order valence-corrected chi connectivity index (χ2v) is 8.11. The van der Waals surface area contributed by atoms with Gasteiger partial charge < -0.3 is 24.0 Å². The van der Waals surface area contributed by atoms with Crippen molar-refractivity contribution < 1.29 is 28.6 Å². The maximum Gasteiger partial charge on any atom is 0.350 e. The van der Waals surface area contributed by atoms with Gasteiger partial charge in [0, 0.05) is 65.5 Å². The van der Waals surface area contributed by atoms with E-state index in [9.17, 15) is 14.4 Å². The first-order valence-corrected chi connectivity index (χ1v) is 11.1. The van der Waals surface area contributed by atoms with Gasteiger partial charge in [-0.15, -0.1) is 0 Å². The van der Waals surface area contributed by atoms with Gasteiger partial charge in [-0.05, 0) is 19.9 Å². The number of aromatic nitrogens is 2. The van der Waals surface area contributed by atoms with Crippen molar-refractivity contribution in [1.29, 1.82) is 0 Å². The lowest BCUT2D eigenvalue weighted by Crippen LogP contribution is -2.47. The second kappa shape index (κ2) is 10.6. The van der Waals surface area contributed by atoms with Crippen LogP contribution in [-0.2, 0) is 28.6 Å². The highest BCUT2D eigenvalue weighted by Crippen LogP contribution is 2.24. The third kappa shape index (κ3) is 6.41. The van der Waals surface area contributed by atoms with E-state index < -0.39 is 17.7 Å². The van der Waals surface area contributed by atoms with Crippen LogP contribution in [0.1, 0.15) is 34.1 Å². The number of nitrogens with zero attached hydrogens (tertiary/aromatic N) is 5. The van der Waals surface area contributed by atoms with E-state index in [0.717, 1.165) is 13.1 Å². The Kier molecular flexibility index (Phi) is 7.85. The lowest BCUT2D eigenvalue weighted by molar-refractivity contribution is -0.222. The van der Waals surface area contributed by atoms with E-state index in [4.69, 9.17) is 14.2 Å². The summed E-state index contributed by atoms with van der Waals surface area (Å²) >= 11 is 0. The largest absolute Gasteiger partial charge is 0.466 e. The van der Waals surface area contributed by atoms with Gasteiger partial charge >= 0.3 is 17.9 Å². The van der Waals surface area contributed by atoms with E-state index in [-0.39, 0.29) is 11.5 Å². The van der Waals surface area contributed by atoms with Crippen LogP contribution < -0.4 is 9.80 Å². The molecule has 0 aliphatic carbocycles. The molecule has 0 saturated carbocycles. The Morgan fingerprint density at radius 3 is 2.45 bits per heavy atom. The minimum atomic E-state index is -1.29. The molecular weight excluding hydrogens is 430 g/mol. The molecule has 0 aromatic carbocycles. The average molecular weight is 462 g/mol. The molecule has 0 amide bonds. The normalized spacial score (nSPS) is 18.4. The Morgan fingerprint density at radius 1 is 1.18 bits per heavy atom. The molecule has 2 aliphatic rings. The molecule has 0 N–H and O–H groups in total. The van der Waals surface area contributed by atoms with Crippen LogP contribution in [0.4, 0.5) is 11.8 Å². The zero-order chi connectivity index (χ0) is 24.0. The van der Waals surface area contributed by atoms with Gasteiger partial charge in [0.05, 0.1) is 13.0 Å². The monoisotopic (exact) mass is 461 g/mol. The minimum absolute atomic E-state index is 0.181. The van der Waals surface area contributed by atoms with Crippen LogP contribution in [0.15, 0.2) is 24.0 Å². The van der Waals surface area contributed by atoms with E-state index in [2.05, 4.69) is 19.8 Å². The zero-order valence-electron chi connectivity index (χ0n) is 19.6. The first kappa shape index (κ1) is 24.4. The zero-order valence-corrected chi connectivity index (χ0v) is 19.6. The standard InChI is InChI=1S/C22H31N5O6/c1-5-26(15-16-19(29)32-22(3,4)33-20(16)30)17-7-9-23-21(24-17)27-13-11-25(12-14-27)10-8-18(28)31-6-2/h7,9,15H,5-6,8,10-14H2,1-4H3. The fourth-order valence-electron chi connectivity index (χ4n) is 3.55. The third-order valence-corrected chi connectivity index (χ3v) is 5.26. The molecule has 3 rings (SSSR count). The molecule has 2 saturated heterocycles. The number of cyclic esters (lactones) is 2. The summed E-state index contributed by atoms with van der Waals surface area (Å²) in [4.78, 5) is 51.1. The molecule has 180 valence electrons. The van der Waals surface area contributed by atoms with E-state index in [1.807, 2.05) is 6.92 Å². The van der Waals surface area contributed by atoms with E-state index in [1.165, 1.54) is 20.0 Å². The molecule has 2 fully saturated rings. The number of piperazine rings is 1. The molecule has 33 heavy (non-hydrogen) atoms. The number of ether oxygens (including phenoxy) is 3. The number of esters is 3. The Balaban J connectivity index is 1.65. The van der Waals surface area contributed by atoms with Crippen LogP contribution in [0, 0.1) is 0 Å². The van der Waals surface area contributed by atoms with Crippen molar-refractivity contribution in [3.8, 4) is 0 Å². The first-order chi connectivity index (χ1) is 15.7. The highest BCUT2D eigenvalue weighted by molar-refractivity contribution is 6.15. The SMILES string of the molecule is CCOC(=O)CCN1CCN(c2nccc(N(C=C3C(=O)OC(C)(C)OC3=O)CC)n2)CC1. The smallest absolute Gasteiger partial charge is 0.350 e. The maximum absolute atomic E-state index is 12.3. The van der Waals surface area contributed by atoms with E-state index >= 15 is 0 Å². The topological polar surface area (TPSA) is 114 Å². The van der Waals surface area contributed by atoms with Gasteiger partial charge in [0.1, 0.15) is 5.82 Å². The lowest BCUT2D eigenvalue weighted by atomic mass is 10.2. The van der Waals surface area contributed by atoms with Gasteiger partial charge in [-0.25, -0.2) is 14.6 Å². The summed E-state index contributed by atoms with van der Waals surface area (Å²) in [5, 5.41) is 0. The van der Waals surface area contributed by atoms with Crippen LogP contribution in [-0.4, -0.2) is 84.4 Å². The van der Waals surface area contributed by atoms with Crippen molar-refractivity contribution in [3.05, 3.63) is 24.0 Å². The van der Waals surface area contributed by atoms with Crippen molar-refractivity contribution >= 4 is 29.7 Å². The second-order valence-electron chi connectivity index (χ2n) is 8.11. The third-order valence-electron chi connectivity index (χ3n) is 5.26. The highest BCUT2D eigenvalue weighted by atomic mass is 16.7. The number of hydrogen-bond acceptors (Lipinski definition) is 11. The highest BCUT2D eigenvalue weighted by Gasteiger charge is 2.39. The molecule has 0 unspecified atom stereocenters. The Hall–Kier alpha value is -3.21. The van der Waals surface area contributed by atoms with Gasteiger partial charge in [0.15, 0.2) is 5.57 Å². The summed E-state index contributed by atoms with van der Waals surface area (Å²) < 4.78 is 15.3. The Labute approximate surface area is 193 Å². The van der Waals surface area contributed by atoms with Gasteiger partial charge in [-0.2, -0.15) is 4.98 Å². The van der Waals surface area contributed by atoms with E-state index in [0.29, 0.717) is 51.0 Å². The summed E-state index contributed by atoms with van der Waals surface area (Å²) in [6.07, 6.45) is 3.42. The van der Waals surface area contributed by atoms with Gasteiger partial charge in [0.25, 0.3) is 5.79 Å². The van der Waals surface area contributed by atoms with Crippen LogP contribution >= 0.6 is 0 Å². The molecule has 11 nitrogen and oxygen atoms in total. The summed E-state index contributed by atoms with van der Waals surface area (Å²) in [6.45, 7) is 11.2. The molecule has 1 aromatic heterocycles. The molecular formula is C22H31N5O6. The Morgan fingerprint density at radius 2 is 1.85 bits per heavy atom. The molecule has 1 aromatic rings. The predicted octanol–water partition coefficient (Wildman–Crippen LogP) is 1.10. The number of hydrogen-bond donors (Lipinski definition) is 0. The van der Waals surface area contributed by atoms with Crippen LogP contribution in [0.5, 0.6) is 0 Å². The average Bonchev–Trinajstić information content (AvgIpc) is 2.77. The van der Waals surface area contributed by atoms with E-state index in [1.54, 1.807) is 24.1 Å². The molecule has 3 heterocycles. The predicted molar refractivity (Wildman–Crippen MR) is 119 cm³/mol.